The summed E-state index contributed by atoms with van der Waals surface area (Å²) in [7, 11) is 0. The minimum atomic E-state index is -0.188. The molecule has 1 rings (SSSR count). The van der Waals surface area contributed by atoms with Gasteiger partial charge in [-0.25, -0.2) is 0 Å². The Morgan fingerprint density at radius 2 is 1.44 bits per heavy atom. The zero-order valence-corrected chi connectivity index (χ0v) is 6.10. The van der Waals surface area contributed by atoms with Crippen molar-refractivity contribution < 1.29 is 10.2 Å². The van der Waals surface area contributed by atoms with Gasteiger partial charge in [0.1, 0.15) is 0 Å². The first-order chi connectivity index (χ1) is 4.29. The highest BCUT2D eigenvalue weighted by atomic mass is 32.2. The molecule has 0 aromatic heterocycles. The number of rotatable bonds is 0. The molecular weight excluding hydrogens is 136 g/mol. The molecule has 1 aliphatic heterocycles. The molecule has 2 N–H and O–H groups in total. The molecule has 2 nitrogen and oxygen atoms in total. The van der Waals surface area contributed by atoms with E-state index >= 15 is 0 Å². The van der Waals surface area contributed by atoms with Crippen molar-refractivity contribution in [2.45, 2.75) is 25.0 Å². The first kappa shape index (κ1) is 7.38. The number of hydrogen-bond donors (Lipinski definition) is 2. The molecule has 0 radical (unpaired) electrons. The van der Waals surface area contributed by atoms with Crippen LogP contribution in [-0.4, -0.2) is 33.9 Å². The van der Waals surface area contributed by atoms with Crippen molar-refractivity contribution in [2.24, 2.45) is 0 Å². The molecule has 0 aliphatic carbocycles. The highest BCUT2D eigenvalue weighted by Gasteiger charge is 2.14. The molecular formula is C6H12O2S. The molecule has 1 fully saturated rings. The van der Waals surface area contributed by atoms with Crippen LogP contribution >= 0.6 is 11.8 Å². The van der Waals surface area contributed by atoms with Gasteiger partial charge in [0.05, 0.1) is 12.2 Å². The van der Waals surface area contributed by atoms with Crippen molar-refractivity contribution in [3.05, 3.63) is 0 Å². The van der Waals surface area contributed by atoms with E-state index in [1.807, 2.05) is 0 Å². The summed E-state index contributed by atoms with van der Waals surface area (Å²) in [5.41, 5.74) is 0. The smallest absolute Gasteiger partial charge is 0.0631 e. The molecule has 1 saturated heterocycles. The first-order valence-corrected chi connectivity index (χ1v) is 4.38. The molecule has 1 heterocycles. The van der Waals surface area contributed by atoms with Gasteiger partial charge in [-0.1, -0.05) is 0 Å². The lowest BCUT2D eigenvalue weighted by Gasteiger charge is -2.03. The fraction of sp³-hybridized carbons (Fsp3) is 1.00. The molecule has 0 amide bonds. The van der Waals surface area contributed by atoms with Gasteiger partial charge in [-0.3, -0.25) is 0 Å². The molecule has 0 bridgehead atoms. The van der Waals surface area contributed by atoms with Crippen LogP contribution in [0.15, 0.2) is 0 Å². The third-order valence-electron chi connectivity index (χ3n) is 1.45. The van der Waals surface area contributed by atoms with Crippen LogP contribution in [0.2, 0.25) is 0 Å². The summed E-state index contributed by atoms with van der Waals surface area (Å²) < 4.78 is 0. The lowest BCUT2D eigenvalue weighted by molar-refractivity contribution is 0.144. The van der Waals surface area contributed by atoms with Gasteiger partial charge in [0.25, 0.3) is 0 Å². The van der Waals surface area contributed by atoms with E-state index in [1.165, 1.54) is 0 Å². The Morgan fingerprint density at radius 3 is 1.89 bits per heavy atom. The Bertz CT molecular complexity index is 77.1. The van der Waals surface area contributed by atoms with E-state index in [-0.39, 0.29) is 12.2 Å². The number of aliphatic hydroxyl groups excluding tert-OH is 2. The Labute approximate surface area is 59.3 Å². The van der Waals surface area contributed by atoms with Gasteiger partial charge in [0.15, 0.2) is 0 Å². The van der Waals surface area contributed by atoms with Gasteiger partial charge in [-0.2, -0.15) is 11.8 Å². The van der Waals surface area contributed by atoms with E-state index < -0.39 is 0 Å². The Kier molecular flexibility index (Phi) is 2.82. The highest BCUT2D eigenvalue weighted by Crippen LogP contribution is 2.16. The Balaban J connectivity index is 2.25. The quantitative estimate of drug-likeness (QED) is 0.517. The van der Waals surface area contributed by atoms with Gasteiger partial charge >= 0.3 is 0 Å². The van der Waals surface area contributed by atoms with Gasteiger partial charge in [-0.05, 0) is 12.8 Å². The first-order valence-electron chi connectivity index (χ1n) is 3.23. The molecule has 54 valence electrons. The van der Waals surface area contributed by atoms with E-state index in [0.29, 0.717) is 0 Å². The van der Waals surface area contributed by atoms with Crippen LogP contribution in [0.25, 0.3) is 0 Å². The van der Waals surface area contributed by atoms with Crippen molar-refractivity contribution in [3.63, 3.8) is 0 Å². The lowest BCUT2D eigenvalue weighted by Crippen LogP contribution is -2.09. The second kappa shape index (κ2) is 3.44. The van der Waals surface area contributed by atoms with E-state index in [2.05, 4.69) is 0 Å². The maximum Gasteiger partial charge on any atom is 0.0631 e. The summed E-state index contributed by atoms with van der Waals surface area (Å²) in [6.45, 7) is 0. The third kappa shape index (κ3) is 2.56. The lowest BCUT2D eigenvalue weighted by atomic mass is 10.1. The van der Waals surface area contributed by atoms with Crippen molar-refractivity contribution in [2.75, 3.05) is 11.5 Å². The molecule has 0 spiro atoms. The van der Waals surface area contributed by atoms with Gasteiger partial charge < -0.3 is 10.2 Å². The van der Waals surface area contributed by atoms with E-state index in [9.17, 15) is 0 Å². The second-order valence-corrected chi connectivity index (χ2v) is 3.50. The third-order valence-corrected chi connectivity index (χ3v) is 2.69. The van der Waals surface area contributed by atoms with Crippen LogP contribution in [0.4, 0.5) is 0 Å². The molecule has 1 aliphatic rings. The molecule has 0 saturated carbocycles. The molecule has 2 atom stereocenters. The summed E-state index contributed by atoms with van der Waals surface area (Å²) in [6.07, 6.45) is 1.14. The monoisotopic (exact) mass is 148 g/mol. The summed E-state index contributed by atoms with van der Waals surface area (Å²) in [5, 5.41) is 18.2. The summed E-state index contributed by atoms with van der Waals surface area (Å²) in [5.74, 6) is 1.58. The van der Waals surface area contributed by atoms with Crippen molar-refractivity contribution in [1.82, 2.24) is 0 Å². The van der Waals surface area contributed by atoms with E-state index in [4.69, 9.17) is 10.2 Å². The van der Waals surface area contributed by atoms with Crippen LogP contribution in [0.1, 0.15) is 12.8 Å². The zero-order valence-electron chi connectivity index (χ0n) is 5.29. The fourth-order valence-electron chi connectivity index (χ4n) is 0.892. The minimum Gasteiger partial charge on any atom is -0.392 e. The van der Waals surface area contributed by atoms with Crippen LogP contribution in [0, 0.1) is 0 Å². The summed E-state index contributed by atoms with van der Waals surface area (Å²) in [6, 6.07) is 0. The van der Waals surface area contributed by atoms with Gasteiger partial charge in [0.2, 0.25) is 0 Å². The predicted octanol–water partition coefficient (Wildman–Crippen LogP) is 0.235. The van der Waals surface area contributed by atoms with Crippen molar-refractivity contribution in [1.29, 1.82) is 0 Å². The fourth-order valence-corrected chi connectivity index (χ4v) is 1.91. The predicted molar refractivity (Wildman–Crippen MR) is 38.6 cm³/mol. The van der Waals surface area contributed by atoms with E-state index in [1.54, 1.807) is 11.8 Å². The Morgan fingerprint density at radius 1 is 1.00 bits per heavy atom. The van der Waals surface area contributed by atoms with E-state index in [0.717, 1.165) is 24.3 Å². The van der Waals surface area contributed by atoms with Crippen LogP contribution in [0.3, 0.4) is 0 Å². The number of aliphatic hydroxyl groups is 2. The Hall–Kier alpha value is 0.270. The average Bonchev–Trinajstić information content (AvgIpc) is 1.97. The molecule has 0 aromatic carbocycles. The van der Waals surface area contributed by atoms with Gasteiger partial charge in [0, 0.05) is 11.5 Å². The topological polar surface area (TPSA) is 40.5 Å². The maximum atomic E-state index is 9.07. The largest absolute Gasteiger partial charge is 0.392 e. The number of hydrogen-bond acceptors (Lipinski definition) is 3. The molecule has 3 heteroatoms. The zero-order chi connectivity index (χ0) is 6.69. The van der Waals surface area contributed by atoms with Crippen LogP contribution in [0.5, 0.6) is 0 Å². The highest BCUT2D eigenvalue weighted by molar-refractivity contribution is 7.99. The van der Waals surface area contributed by atoms with Crippen LogP contribution < -0.4 is 0 Å². The maximum absolute atomic E-state index is 9.07. The normalized spacial score (nSPS) is 38.0. The average molecular weight is 148 g/mol. The minimum absolute atomic E-state index is 0.188. The molecule has 9 heavy (non-hydrogen) atoms. The van der Waals surface area contributed by atoms with Crippen LogP contribution in [-0.2, 0) is 0 Å². The van der Waals surface area contributed by atoms with Crippen molar-refractivity contribution in [3.8, 4) is 0 Å². The molecule has 0 aromatic rings. The SMILES string of the molecule is OC1CCC(O)CSC1. The second-order valence-electron chi connectivity index (χ2n) is 2.42. The summed E-state index contributed by atoms with van der Waals surface area (Å²) in [4.78, 5) is 0. The molecule has 2 unspecified atom stereocenters. The number of thioether (sulfide) groups is 1. The summed E-state index contributed by atoms with van der Waals surface area (Å²) >= 11 is 1.63. The van der Waals surface area contributed by atoms with Crippen molar-refractivity contribution >= 4 is 11.8 Å². The standard InChI is InChI=1S/C6H12O2S/c7-5-1-2-6(8)4-9-3-5/h5-8H,1-4H2. The van der Waals surface area contributed by atoms with Gasteiger partial charge in [-0.15, -0.1) is 0 Å².